The normalized spacial score (nSPS) is 11.8. The fraction of sp³-hybridized carbons (Fsp3) is 0.154. The van der Waals surface area contributed by atoms with E-state index in [-0.39, 0.29) is 12.1 Å². The number of carboxylic acid groups (broad SMARTS) is 1. The largest absolute Gasteiger partial charge is 0.478 e. The highest BCUT2D eigenvalue weighted by atomic mass is 32.2. The van der Waals surface area contributed by atoms with Crippen LogP contribution in [0, 0.1) is 5.82 Å². The van der Waals surface area contributed by atoms with Crippen LogP contribution >= 0.6 is 11.3 Å². The third-order valence-electron chi connectivity index (χ3n) is 2.83. The number of aromatic carboxylic acids is 1. The molecule has 8 heteroatoms. The van der Waals surface area contributed by atoms with Crippen LogP contribution in [0.4, 0.5) is 4.39 Å². The van der Waals surface area contributed by atoms with Crippen molar-refractivity contribution in [3.63, 3.8) is 0 Å². The van der Waals surface area contributed by atoms with E-state index in [1.54, 1.807) is 12.1 Å². The second kappa shape index (κ2) is 5.92. The molecule has 0 unspecified atom stereocenters. The first-order valence-corrected chi connectivity index (χ1v) is 8.16. The van der Waals surface area contributed by atoms with Crippen molar-refractivity contribution in [1.82, 2.24) is 4.31 Å². The molecule has 0 radical (unpaired) electrons. The molecule has 0 amide bonds. The Morgan fingerprint density at radius 2 is 2.10 bits per heavy atom. The van der Waals surface area contributed by atoms with Crippen molar-refractivity contribution < 1.29 is 22.7 Å². The first-order valence-electron chi connectivity index (χ1n) is 5.84. The van der Waals surface area contributed by atoms with Gasteiger partial charge in [-0.3, -0.25) is 0 Å². The molecular formula is C13H12FNO4S2. The zero-order chi connectivity index (χ0) is 15.6. The molecule has 0 saturated carbocycles. The molecule has 0 spiro atoms. The minimum atomic E-state index is -4.02. The van der Waals surface area contributed by atoms with Crippen molar-refractivity contribution in [2.45, 2.75) is 11.4 Å². The summed E-state index contributed by atoms with van der Waals surface area (Å²) in [6.07, 6.45) is 0. The second-order valence-electron chi connectivity index (χ2n) is 4.29. The molecule has 1 heterocycles. The summed E-state index contributed by atoms with van der Waals surface area (Å²) in [6, 6.07) is 6.31. The predicted octanol–water partition coefficient (Wildman–Crippen LogP) is 2.41. The van der Waals surface area contributed by atoms with Crippen LogP contribution in [-0.2, 0) is 16.6 Å². The Morgan fingerprint density at radius 3 is 2.62 bits per heavy atom. The minimum Gasteiger partial charge on any atom is -0.478 e. The Labute approximate surface area is 125 Å². The number of halogens is 1. The smallest absolute Gasteiger partial charge is 0.335 e. The predicted molar refractivity (Wildman–Crippen MR) is 76.3 cm³/mol. The molecular weight excluding hydrogens is 317 g/mol. The molecule has 5 nitrogen and oxygen atoms in total. The van der Waals surface area contributed by atoms with Gasteiger partial charge in [-0.15, -0.1) is 11.3 Å². The lowest BCUT2D eigenvalue weighted by molar-refractivity contribution is 0.0696. The Hall–Kier alpha value is -1.77. The van der Waals surface area contributed by atoms with E-state index in [9.17, 15) is 17.6 Å². The number of carboxylic acids is 1. The first kappa shape index (κ1) is 15.6. The lowest BCUT2D eigenvalue weighted by Gasteiger charge is -2.17. The summed E-state index contributed by atoms with van der Waals surface area (Å²) in [6.45, 7) is 0.125. The van der Waals surface area contributed by atoms with E-state index in [0.29, 0.717) is 6.07 Å². The van der Waals surface area contributed by atoms with Gasteiger partial charge in [-0.2, -0.15) is 4.31 Å². The van der Waals surface area contributed by atoms with Crippen molar-refractivity contribution >= 4 is 27.3 Å². The third-order valence-corrected chi connectivity index (χ3v) is 5.52. The highest BCUT2D eigenvalue weighted by Gasteiger charge is 2.25. The molecule has 1 aromatic carbocycles. The Balaban J connectivity index is 2.33. The quantitative estimate of drug-likeness (QED) is 0.914. The monoisotopic (exact) mass is 329 g/mol. The van der Waals surface area contributed by atoms with E-state index in [1.807, 2.05) is 5.38 Å². The zero-order valence-corrected chi connectivity index (χ0v) is 12.6. The molecule has 112 valence electrons. The molecule has 0 atom stereocenters. The van der Waals surface area contributed by atoms with Crippen LogP contribution in [0.2, 0.25) is 0 Å². The Bertz CT molecular complexity index is 756. The Kier molecular flexibility index (Phi) is 4.40. The molecule has 0 aliphatic heterocycles. The summed E-state index contributed by atoms with van der Waals surface area (Å²) in [5.41, 5.74) is -0.299. The fourth-order valence-electron chi connectivity index (χ4n) is 1.72. The summed E-state index contributed by atoms with van der Waals surface area (Å²) in [4.78, 5) is 11.0. The molecule has 0 saturated heterocycles. The first-order chi connectivity index (χ1) is 9.82. The van der Waals surface area contributed by atoms with E-state index in [2.05, 4.69) is 0 Å². The average Bonchev–Trinajstić information content (AvgIpc) is 2.90. The number of hydrogen-bond donors (Lipinski definition) is 1. The number of sulfonamides is 1. The number of carbonyl (C=O) groups is 1. The topological polar surface area (TPSA) is 74.7 Å². The van der Waals surface area contributed by atoms with Gasteiger partial charge in [-0.05, 0) is 29.6 Å². The van der Waals surface area contributed by atoms with Crippen molar-refractivity contribution in [1.29, 1.82) is 0 Å². The van der Waals surface area contributed by atoms with E-state index < -0.39 is 26.7 Å². The van der Waals surface area contributed by atoms with Gasteiger partial charge in [0.1, 0.15) is 10.7 Å². The fourth-order valence-corrected chi connectivity index (χ4v) is 3.75. The number of benzene rings is 1. The summed E-state index contributed by atoms with van der Waals surface area (Å²) < 4.78 is 39.5. The number of thiophene rings is 1. The van der Waals surface area contributed by atoms with Gasteiger partial charge in [0.05, 0.1) is 5.56 Å². The highest BCUT2D eigenvalue weighted by Crippen LogP contribution is 2.22. The minimum absolute atomic E-state index is 0.125. The third kappa shape index (κ3) is 3.29. The van der Waals surface area contributed by atoms with Gasteiger partial charge in [0.25, 0.3) is 0 Å². The van der Waals surface area contributed by atoms with Crippen molar-refractivity contribution in [3.05, 3.63) is 52.0 Å². The van der Waals surface area contributed by atoms with Crippen LogP contribution in [0.3, 0.4) is 0 Å². The van der Waals surface area contributed by atoms with E-state index >= 15 is 0 Å². The van der Waals surface area contributed by atoms with Crippen molar-refractivity contribution in [2.24, 2.45) is 0 Å². The van der Waals surface area contributed by atoms with Crippen LogP contribution in [0.5, 0.6) is 0 Å². The maximum Gasteiger partial charge on any atom is 0.335 e. The number of nitrogens with zero attached hydrogens (tertiary/aromatic N) is 1. The molecule has 2 rings (SSSR count). The van der Waals surface area contributed by atoms with Crippen molar-refractivity contribution in [2.75, 3.05) is 7.05 Å². The second-order valence-corrected chi connectivity index (χ2v) is 7.34. The van der Waals surface area contributed by atoms with Gasteiger partial charge in [-0.25, -0.2) is 17.6 Å². The molecule has 0 aliphatic carbocycles. The van der Waals surface area contributed by atoms with Crippen molar-refractivity contribution in [3.8, 4) is 0 Å². The zero-order valence-electron chi connectivity index (χ0n) is 11.0. The summed E-state index contributed by atoms with van der Waals surface area (Å²) in [5, 5.41) is 10.6. The maximum atomic E-state index is 13.9. The molecule has 2 aromatic rings. The standard InChI is InChI=1S/C13H12FNO4S2/c1-15(8-10-3-2-6-20-10)21(18,19)12-5-4-9(13(16)17)7-11(12)14/h2-7H,8H2,1H3,(H,16,17). The van der Waals surface area contributed by atoms with Gasteiger partial charge in [-0.1, -0.05) is 6.07 Å². The summed E-state index contributed by atoms with van der Waals surface area (Å²) >= 11 is 1.40. The van der Waals surface area contributed by atoms with Gasteiger partial charge in [0.15, 0.2) is 0 Å². The summed E-state index contributed by atoms with van der Waals surface area (Å²) in [5.74, 6) is -2.39. The molecule has 1 aromatic heterocycles. The van der Waals surface area contributed by atoms with E-state index in [0.717, 1.165) is 21.3 Å². The molecule has 0 fully saturated rings. The van der Waals surface area contributed by atoms with Gasteiger partial charge in [0.2, 0.25) is 10.0 Å². The van der Waals surface area contributed by atoms with Crippen LogP contribution in [0.1, 0.15) is 15.2 Å². The lowest BCUT2D eigenvalue weighted by Crippen LogP contribution is -2.27. The molecule has 0 aliphatic rings. The average molecular weight is 329 g/mol. The SMILES string of the molecule is CN(Cc1cccs1)S(=O)(=O)c1ccc(C(=O)O)cc1F. The van der Waals surface area contributed by atoms with Gasteiger partial charge in [0, 0.05) is 18.5 Å². The maximum absolute atomic E-state index is 13.9. The van der Waals surface area contributed by atoms with Crippen LogP contribution in [0.15, 0.2) is 40.6 Å². The lowest BCUT2D eigenvalue weighted by atomic mass is 10.2. The van der Waals surface area contributed by atoms with Crippen LogP contribution in [0.25, 0.3) is 0 Å². The van der Waals surface area contributed by atoms with E-state index in [1.165, 1.54) is 18.4 Å². The molecule has 0 bridgehead atoms. The van der Waals surface area contributed by atoms with E-state index in [4.69, 9.17) is 5.11 Å². The Morgan fingerprint density at radius 1 is 1.38 bits per heavy atom. The number of hydrogen-bond acceptors (Lipinski definition) is 4. The summed E-state index contributed by atoms with van der Waals surface area (Å²) in [7, 11) is -2.67. The van der Waals surface area contributed by atoms with Gasteiger partial charge < -0.3 is 5.11 Å². The molecule has 1 N–H and O–H groups in total. The molecule has 21 heavy (non-hydrogen) atoms. The van der Waals surface area contributed by atoms with Crippen LogP contribution in [-0.4, -0.2) is 30.8 Å². The van der Waals surface area contributed by atoms with Gasteiger partial charge >= 0.3 is 5.97 Å². The number of rotatable bonds is 5. The van der Waals surface area contributed by atoms with Crippen LogP contribution < -0.4 is 0 Å². The highest BCUT2D eigenvalue weighted by molar-refractivity contribution is 7.89.